The molecule has 3 rings (SSSR count). The number of carbonyl (C=O) groups is 2. The van der Waals surface area contributed by atoms with E-state index in [0.717, 1.165) is 11.1 Å². The minimum absolute atomic E-state index is 0.274. The molecule has 0 saturated carbocycles. The largest absolute Gasteiger partial charge is 0.464 e. The maximum absolute atomic E-state index is 12.7. The summed E-state index contributed by atoms with van der Waals surface area (Å²) in [6.45, 7) is 2.45. The molecule has 0 spiro atoms. The lowest BCUT2D eigenvalue weighted by atomic mass is 10.1. The molecule has 1 aliphatic rings. The van der Waals surface area contributed by atoms with Gasteiger partial charge in [0.25, 0.3) is 0 Å². The number of esters is 1. The Bertz CT molecular complexity index is 800. The van der Waals surface area contributed by atoms with E-state index in [4.69, 9.17) is 15.3 Å². The van der Waals surface area contributed by atoms with Crippen LogP contribution in [0, 0.1) is 0 Å². The lowest BCUT2D eigenvalue weighted by molar-refractivity contribution is -0.195. The van der Waals surface area contributed by atoms with Gasteiger partial charge in [-0.1, -0.05) is 60.7 Å². The van der Waals surface area contributed by atoms with E-state index in [-0.39, 0.29) is 12.5 Å². The highest BCUT2D eigenvalue weighted by Gasteiger charge is 2.39. The van der Waals surface area contributed by atoms with Gasteiger partial charge in [0.05, 0.1) is 19.2 Å². The Hall–Kier alpha value is -2.74. The van der Waals surface area contributed by atoms with Crippen LogP contribution in [0.1, 0.15) is 24.5 Å². The minimum Gasteiger partial charge on any atom is -0.464 e. The van der Waals surface area contributed by atoms with Crippen LogP contribution in [0.4, 0.5) is 0 Å². The molecule has 1 aliphatic heterocycles. The fraction of sp³-hybridized carbons (Fsp3) is 0.364. The highest BCUT2D eigenvalue weighted by Crippen LogP contribution is 2.23. The first-order valence-electron chi connectivity index (χ1n) is 9.80. The highest BCUT2D eigenvalue weighted by atomic mass is 16.7. The molecule has 1 fully saturated rings. The second-order valence-corrected chi connectivity index (χ2v) is 6.96. The average molecular weight is 397 g/mol. The van der Waals surface area contributed by atoms with Crippen molar-refractivity contribution in [1.82, 2.24) is 10.4 Å². The normalized spacial score (nSPS) is 20.2. The van der Waals surface area contributed by atoms with Gasteiger partial charge in [0.1, 0.15) is 6.17 Å². The molecule has 0 unspecified atom stereocenters. The summed E-state index contributed by atoms with van der Waals surface area (Å²) < 4.78 is 5.08. The van der Waals surface area contributed by atoms with Crippen LogP contribution in [-0.2, 0) is 32.1 Å². The van der Waals surface area contributed by atoms with Gasteiger partial charge in [0.15, 0.2) is 6.10 Å². The topological polar surface area (TPSA) is 93.9 Å². The summed E-state index contributed by atoms with van der Waals surface area (Å²) in [6.07, 6.45) is -0.497. The maximum atomic E-state index is 12.7. The van der Waals surface area contributed by atoms with Crippen molar-refractivity contribution in [2.24, 2.45) is 5.73 Å². The number of hydrogen-bond acceptors (Lipinski definition) is 6. The number of nitrogens with zero attached hydrogens (tertiary/aromatic N) is 1. The Labute approximate surface area is 170 Å². The number of hydroxylamine groups is 2. The molecule has 2 aromatic rings. The summed E-state index contributed by atoms with van der Waals surface area (Å²) in [5.41, 5.74) is 8.10. The second kappa shape index (κ2) is 10.2. The number of nitrogens with two attached hydrogens (primary N) is 1. The summed E-state index contributed by atoms with van der Waals surface area (Å²) >= 11 is 0. The molecule has 1 amide bonds. The molecule has 0 aromatic heterocycles. The van der Waals surface area contributed by atoms with Crippen molar-refractivity contribution in [1.29, 1.82) is 0 Å². The lowest BCUT2D eigenvalue weighted by Gasteiger charge is -2.24. The molecule has 7 heteroatoms. The van der Waals surface area contributed by atoms with Crippen molar-refractivity contribution in [3.63, 3.8) is 0 Å². The van der Waals surface area contributed by atoms with E-state index in [1.807, 2.05) is 60.7 Å². The van der Waals surface area contributed by atoms with Gasteiger partial charge in [-0.25, -0.2) is 4.79 Å². The third kappa shape index (κ3) is 5.87. The molecule has 1 saturated heterocycles. The third-order valence-electron chi connectivity index (χ3n) is 4.72. The summed E-state index contributed by atoms with van der Waals surface area (Å²) in [5, 5.41) is 4.54. The van der Waals surface area contributed by atoms with E-state index in [0.29, 0.717) is 19.4 Å². The Kier molecular flexibility index (Phi) is 7.35. The SMILES string of the molecule is CCOC(=O)[C@H]1C[C@H](NC(=O)[C@@H](N)Cc2ccccc2)N(Cc2ccccc2)O1. The summed E-state index contributed by atoms with van der Waals surface area (Å²) in [4.78, 5) is 30.6. The highest BCUT2D eigenvalue weighted by molar-refractivity contribution is 5.82. The quantitative estimate of drug-likeness (QED) is 0.660. The van der Waals surface area contributed by atoms with Crippen LogP contribution in [0.15, 0.2) is 60.7 Å². The molecular formula is C22H27N3O4. The summed E-state index contributed by atoms with van der Waals surface area (Å²) in [7, 11) is 0. The van der Waals surface area contributed by atoms with Gasteiger partial charge in [-0.05, 0) is 24.5 Å². The first-order valence-corrected chi connectivity index (χ1v) is 9.80. The molecule has 1 heterocycles. The first-order chi connectivity index (χ1) is 14.1. The Balaban J connectivity index is 1.65. The van der Waals surface area contributed by atoms with Gasteiger partial charge in [-0.2, -0.15) is 5.06 Å². The molecule has 2 aromatic carbocycles. The minimum atomic E-state index is -0.755. The Morgan fingerprint density at radius 1 is 1.14 bits per heavy atom. The molecule has 7 nitrogen and oxygen atoms in total. The molecule has 0 aliphatic carbocycles. The van der Waals surface area contributed by atoms with Crippen LogP contribution < -0.4 is 11.1 Å². The molecule has 0 bridgehead atoms. The van der Waals surface area contributed by atoms with Gasteiger partial charge in [-0.3, -0.25) is 9.63 Å². The van der Waals surface area contributed by atoms with Crippen LogP contribution in [0.2, 0.25) is 0 Å². The number of hydrogen-bond donors (Lipinski definition) is 2. The van der Waals surface area contributed by atoms with Crippen molar-refractivity contribution in [3.8, 4) is 0 Å². The van der Waals surface area contributed by atoms with Crippen molar-refractivity contribution in [2.45, 2.75) is 44.6 Å². The predicted molar refractivity (Wildman–Crippen MR) is 108 cm³/mol. The van der Waals surface area contributed by atoms with Crippen LogP contribution in [0.5, 0.6) is 0 Å². The maximum Gasteiger partial charge on any atom is 0.337 e. The van der Waals surface area contributed by atoms with E-state index in [1.165, 1.54) is 0 Å². The van der Waals surface area contributed by atoms with Gasteiger partial charge in [0.2, 0.25) is 5.91 Å². The van der Waals surface area contributed by atoms with Crippen LogP contribution in [0.3, 0.4) is 0 Å². The average Bonchev–Trinajstić information content (AvgIpc) is 3.12. The monoisotopic (exact) mass is 397 g/mol. The smallest absolute Gasteiger partial charge is 0.337 e. The van der Waals surface area contributed by atoms with Gasteiger partial charge in [0, 0.05) is 6.42 Å². The van der Waals surface area contributed by atoms with Crippen molar-refractivity contribution < 1.29 is 19.2 Å². The fourth-order valence-corrected chi connectivity index (χ4v) is 3.25. The number of amides is 1. The van der Waals surface area contributed by atoms with Crippen LogP contribution in [0.25, 0.3) is 0 Å². The Morgan fingerprint density at radius 3 is 2.38 bits per heavy atom. The zero-order valence-electron chi connectivity index (χ0n) is 16.5. The molecule has 3 atom stereocenters. The van der Waals surface area contributed by atoms with Crippen molar-refractivity contribution in [2.75, 3.05) is 6.61 Å². The number of rotatable bonds is 8. The van der Waals surface area contributed by atoms with E-state index in [1.54, 1.807) is 12.0 Å². The van der Waals surface area contributed by atoms with Crippen LogP contribution in [-0.4, -0.2) is 41.9 Å². The fourth-order valence-electron chi connectivity index (χ4n) is 3.25. The number of benzene rings is 2. The first kappa shape index (κ1) is 21.0. The molecule has 0 radical (unpaired) electrons. The third-order valence-corrected chi connectivity index (χ3v) is 4.72. The Morgan fingerprint density at radius 2 is 1.76 bits per heavy atom. The standard InChI is InChI=1S/C22H27N3O4/c1-2-28-22(27)19-14-20(25(29-19)15-17-11-7-4-8-12-17)24-21(26)18(23)13-16-9-5-3-6-10-16/h3-12,18-20H,2,13-15,23H2,1H3,(H,24,26)/t18-,19+,20+/m0/s1. The number of nitrogens with one attached hydrogen (secondary N) is 1. The van der Waals surface area contributed by atoms with E-state index in [9.17, 15) is 9.59 Å². The summed E-state index contributed by atoms with van der Waals surface area (Å²) in [6, 6.07) is 18.6. The van der Waals surface area contributed by atoms with E-state index in [2.05, 4.69) is 5.32 Å². The molecule has 154 valence electrons. The second-order valence-electron chi connectivity index (χ2n) is 6.96. The molecule has 3 N–H and O–H groups in total. The van der Waals surface area contributed by atoms with Gasteiger partial charge in [-0.15, -0.1) is 0 Å². The molecular weight excluding hydrogens is 370 g/mol. The van der Waals surface area contributed by atoms with Crippen molar-refractivity contribution in [3.05, 3.63) is 71.8 Å². The summed E-state index contributed by atoms with van der Waals surface area (Å²) in [5.74, 6) is -0.721. The van der Waals surface area contributed by atoms with Gasteiger partial charge >= 0.3 is 5.97 Å². The predicted octanol–water partition coefficient (Wildman–Crippen LogP) is 1.77. The molecule has 29 heavy (non-hydrogen) atoms. The number of ether oxygens (including phenoxy) is 1. The van der Waals surface area contributed by atoms with E-state index >= 15 is 0 Å². The van der Waals surface area contributed by atoms with Gasteiger partial charge < -0.3 is 15.8 Å². The van der Waals surface area contributed by atoms with E-state index < -0.39 is 24.3 Å². The van der Waals surface area contributed by atoms with Crippen molar-refractivity contribution >= 4 is 11.9 Å². The zero-order chi connectivity index (χ0) is 20.6. The van der Waals surface area contributed by atoms with Crippen LogP contribution >= 0.6 is 0 Å². The zero-order valence-corrected chi connectivity index (χ0v) is 16.5. The number of carbonyl (C=O) groups excluding carboxylic acids is 2. The lowest BCUT2D eigenvalue weighted by Crippen LogP contribution is -2.50.